The zero-order valence-corrected chi connectivity index (χ0v) is 15.1. The number of nitrogen functional groups attached to an aromatic ring is 1. The molecule has 0 radical (unpaired) electrons. The molecule has 1 aromatic rings. The van der Waals surface area contributed by atoms with Gasteiger partial charge in [-0.3, -0.25) is 19.1 Å². The Morgan fingerprint density at radius 1 is 1.32 bits per heavy atom. The third kappa shape index (κ3) is 3.37. The number of rotatable bonds is 6. The quantitative estimate of drug-likeness (QED) is 0.817. The van der Waals surface area contributed by atoms with Crippen molar-refractivity contribution in [2.75, 3.05) is 17.7 Å². The van der Waals surface area contributed by atoms with Crippen molar-refractivity contribution in [3.63, 3.8) is 0 Å². The zero-order valence-electron chi connectivity index (χ0n) is 15.1. The average molecular weight is 348 g/mol. The summed E-state index contributed by atoms with van der Waals surface area (Å²) in [5.74, 6) is 1.82. The van der Waals surface area contributed by atoms with Crippen LogP contribution in [0.25, 0.3) is 0 Å². The SMILES string of the molecule is CCCCn1c(N)c(N(C)C(=O)CC2CC3CCC2C3)c(=O)[nH]c1=O. The average Bonchev–Trinajstić information content (AvgIpc) is 3.17. The summed E-state index contributed by atoms with van der Waals surface area (Å²) in [5, 5.41) is 0. The molecule has 0 aliphatic heterocycles. The van der Waals surface area contributed by atoms with Crippen LogP contribution in [0.3, 0.4) is 0 Å². The molecule has 3 atom stereocenters. The van der Waals surface area contributed by atoms with E-state index in [4.69, 9.17) is 5.73 Å². The van der Waals surface area contributed by atoms with E-state index in [1.165, 1.54) is 28.7 Å². The Balaban J connectivity index is 1.81. The molecule has 0 saturated heterocycles. The van der Waals surface area contributed by atoms with E-state index >= 15 is 0 Å². The first-order valence-electron chi connectivity index (χ1n) is 9.31. The fourth-order valence-electron chi connectivity index (χ4n) is 4.55. The summed E-state index contributed by atoms with van der Waals surface area (Å²) >= 11 is 0. The summed E-state index contributed by atoms with van der Waals surface area (Å²) in [7, 11) is 1.57. The van der Waals surface area contributed by atoms with Crippen molar-refractivity contribution in [1.82, 2.24) is 9.55 Å². The number of fused-ring (bicyclic) bond motifs is 2. The molecular formula is C18H28N4O3. The fourth-order valence-corrected chi connectivity index (χ4v) is 4.55. The molecule has 3 N–H and O–H groups in total. The highest BCUT2D eigenvalue weighted by atomic mass is 16.2. The predicted molar refractivity (Wildman–Crippen MR) is 97.6 cm³/mol. The van der Waals surface area contributed by atoms with Gasteiger partial charge in [0.05, 0.1) is 0 Å². The molecule has 25 heavy (non-hydrogen) atoms. The van der Waals surface area contributed by atoms with Gasteiger partial charge in [0, 0.05) is 20.0 Å². The van der Waals surface area contributed by atoms with E-state index in [9.17, 15) is 14.4 Å². The maximum Gasteiger partial charge on any atom is 0.330 e. The first kappa shape index (κ1) is 17.8. The number of H-pyrrole nitrogens is 1. The summed E-state index contributed by atoms with van der Waals surface area (Å²) in [4.78, 5) is 40.6. The Kier molecular flexibility index (Phi) is 5.01. The number of anilines is 2. The minimum absolute atomic E-state index is 0.0750. The predicted octanol–water partition coefficient (Wildman–Crippen LogP) is 1.71. The van der Waals surface area contributed by atoms with Gasteiger partial charge in [-0.1, -0.05) is 19.8 Å². The molecular weight excluding hydrogens is 320 g/mol. The standard InChI is InChI=1S/C18H28N4O3/c1-3-4-7-22-16(19)15(17(24)20-18(22)25)21(2)14(23)10-13-9-11-5-6-12(13)8-11/h11-13H,3-10,19H2,1-2H3,(H,20,24,25). The summed E-state index contributed by atoms with van der Waals surface area (Å²) in [6.07, 6.45) is 7.00. The molecule has 7 nitrogen and oxygen atoms in total. The minimum Gasteiger partial charge on any atom is -0.383 e. The molecule has 0 spiro atoms. The van der Waals surface area contributed by atoms with Crippen molar-refractivity contribution in [2.45, 2.75) is 58.4 Å². The maximum atomic E-state index is 12.7. The number of carbonyl (C=O) groups is 1. The van der Waals surface area contributed by atoms with Crippen LogP contribution < -0.4 is 21.9 Å². The van der Waals surface area contributed by atoms with Gasteiger partial charge in [0.15, 0.2) is 5.69 Å². The molecule has 2 saturated carbocycles. The third-order valence-electron chi connectivity index (χ3n) is 5.98. The Morgan fingerprint density at radius 3 is 2.68 bits per heavy atom. The minimum atomic E-state index is -0.598. The first-order valence-corrected chi connectivity index (χ1v) is 9.31. The van der Waals surface area contributed by atoms with Crippen LogP contribution in [0, 0.1) is 17.8 Å². The summed E-state index contributed by atoms with van der Waals surface area (Å²) in [5.41, 5.74) is 5.05. The van der Waals surface area contributed by atoms with Gasteiger partial charge in [0.2, 0.25) is 5.91 Å². The second kappa shape index (κ2) is 7.06. The van der Waals surface area contributed by atoms with Crippen LogP contribution in [-0.4, -0.2) is 22.5 Å². The molecule has 2 bridgehead atoms. The van der Waals surface area contributed by atoms with Gasteiger partial charge in [0.25, 0.3) is 5.56 Å². The normalized spacial score (nSPS) is 24.6. The number of aromatic nitrogens is 2. The van der Waals surface area contributed by atoms with Gasteiger partial charge >= 0.3 is 5.69 Å². The van der Waals surface area contributed by atoms with Crippen LogP contribution >= 0.6 is 0 Å². The number of aromatic amines is 1. The molecule has 1 heterocycles. The Morgan fingerprint density at radius 2 is 2.08 bits per heavy atom. The molecule has 2 aliphatic rings. The number of amides is 1. The first-order chi connectivity index (χ1) is 11.9. The highest BCUT2D eigenvalue weighted by Gasteiger charge is 2.40. The number of nitrogens with two attached hydrogens (primary N) is 1. The molecule has 138 valence electrons. The zero-order chi connectivity index (χ0) is 18.1. The van der Waals surface area contributed by atoms with Crippen LogP contribution in [-0.2, 0) is 11.3 Å². The molecule has 1 aromatic heterocycles. The lowest BCUT2D eigenvalue weighted by molar-refractivity contribution is -0.119. The Labute approximate surface area is 147 Å². The van der Waals surface area contributed by atoms with Crippen LogP contribution in [0.15, 0.2) is 9.59 Å². The largest absolute Gasteiger partial charge is 0.383 e. The smallest absolute Gasteiger partial charge is 0.330 e. The monoisotopic (exact) mass is 348 g/mol. The van der Waals surface area contributed by atoms with Crippen LogP contribution in [0.1, 0.15) is 51.9 Å². The highest BCUT2D eigenvalue weighted by Crippen LogP contribution is 2.49. The Hall–Kier alpha value is -2.05. The molecule has 3 rings (SSSR count). The maximum absolute atomic E-state index is 12.7. The van der Waals surface area contributed by atoms with Gasteiger partial charge in [-0.05, 0) is 43.4 Å². The number of carbonyl (C=O) groups excluding carboxylic acids is 1. The van der Waals surface area contributed by atoms with E-state index in [0.717, 1.165) is 25.2 Å². The topological polar surface area (TPSA) is 101 Å². The van der Waals surface area contributed by atoms with Crippen LogP contribution in [0.4, 0.5) is 11.5 Å². The molecule has 0 aromatic carbocycles. The summed E-state index contributed by atoms with van der Waals surface area (Å²) in [6.45, 7) is 2.44. The number of hydrogen-bond donors (Lipinski definition) is 2. The van der Waals surface area contributed by atoms with Crippen molar-refractivity contribution in [1.29, 1.82) is 0 Å². The Bertz CT molecular complexity index is 767. The van der Waals surface area contributed by atoms with Gasteiger partial charge in [-0.25, -0.2) is 4.79 Å². The molecule has 1 amide bonds. The molecule has 7 heteroatoms. The van der Waals surface area contributed by atoms with Gasteiger partial charge in [-0.15, -0.1) is 0 Å². The van der Waals surface area contributed by atoms with E-state index < -0.39 is 11.2 Å². The lowest BCUT2D eigenvalue weighted by Gasteiger charge is -2.25. The van der Waals surface area contributed by atoms with Crippen LogP contribution in [0.2, 0.25) is 0 Å². The van der Waals surface area contributed by atoms with Crippen molar-refractivity contribution >= 4 is 17.4 Å². The number of nitrogens with one attached hydrogen (secondary N) is 1. The van der Waals surface area contributed by atoms with Gasteiger partial charge in [-0.2, -0.15) is 0 Å². The van der Waals surface area contributed by atoms with Crippen molar-refractivity contribution in [3.8, 4) is 0 Å². The molecule has 2 aliphatic carbocycles. The van der Waals surface area contributed by atoms with Gasteiger partial charge < -0.3 is 10.6 Å². The van der Waals surface area contributed by atoms with Crippen molar-refractivity contribution in [3.05, 3.63) is 20.8 Å². The number of hydrogen-bond acceptors (Lipinski definition) is 4. The van der Waals surface area contributed by atoms with Crippen LogP contribution in [0.5, 0.6) is 0 Å². The number of nitrogens with zero attached hydrogens (tertiary/aromatic N) is 2. The molecule has 3 unspecified atom stereocenters. The van der Waals surface area contributed by atoms with Crippen molar-refractivity contribution < 1.29 is 4.79 Å². The van der Waals surface area contributed by atoms with E-state index in [2.05, 4.69) is 4.98 Å². The lowest BCUT2D eigenvalue weighted by Crippen LogP contribution is -2.40. The second-order valence-electron chi connectivity index (χ2n) is 7.59. The van der Waals surface area contributed by atoms with Gasteiger partial charge in [0.1, 0.15) is 5.82 Å². The second-order valence-corrected chi connectivity index (χ2v) is 7.59. The van der Waals surface area contributed by atoms with E-state index in [-0.39, 0.29) is 17.4 Å². The summed E-state index contributed by atoms with van der Waals surface area (Å²) in [6, 6.07) is 0. The van der Waals surface area contributed by atoms with Crippen molar-refractivity contribution in [2.24, 2.45) is 17.8 Å². The van der Waals surface area contributed by atoms with E-state index in [0.29, 0.717) is 24.8 Å². The third-order valence-corrected chi connectivity index (χ3v) is 5.98. The number of unbranched alkanes of at least 4 members (excludes halogenated alkanes) is 1. The lowest BCUT2D eigenvalue weighted by atomic mass is 9.86. The molecule has 2 fully saturated rings. The highest BCUT2D eigenvalue weighted by molar-refractivity contribution is 5.95. The van der Waals surface area contributed by atoms with E-state index in [1.807, 2.05) is 6.92 Å². The summed E-state index contributed by atoms with van der Waals surface area (Å²) < 4.78 is 1.35. The van der Waals surface area contributed by atoms with E-state index in [1.54, 1.807) is 7.05 Å². The fraction of sp³-hybridized carbons (Fsp3) is 0.722.